The van der Waals surface area contributed by atoms with Crippen molar-refractivity contribution in [2.24, 2.45) is 0 Å². The summed E-state index contributed by atoms with van der Waals surface area (Å²) in [5, 5.41) is 0. The van der Waals surface area contributed by atoms with Crippen LogP contribution >= 0.6 is 0 Å². The summed E-state index contributed by atoms with van der Waals surface area (Å²) in [5.74, 6) is 1.44. The molecule has 1 fully saturated rings. The summed E-state index contributed by atoms with van der Waals surface area (Å²) in [5.41, 5.74) is 1.16. The number of carbonyl (C=O) groups is 2. The lowest BCUT2D eigenvalue weighted by atomic mass is 10.1. The van der Waals surface area contributed by atoms with Crippen molar-refractivity contribution in [3.05, 3.63) is 48.0 Å². The van der Waals surface area contributed by atoms with Gasteiger partial charge in [0.2, 0.25) is 12.7 Å². The third-order valence-corrected chi connectivity index (χ3v) is 5.66. The molecular weight excluding hydrogens is 388 g/mol. The molecule has 0 radical (unpaired) electrons. The van der Waals surface area contributed by atoms with Crippen molar-refractivity contribution in [3.63, 3.8) is 0 Å². The standard InChI is InChI=1S/C22H22N2O6/c1-27-9-8-23-16-4-2-3-5-18(16)30-15-11-17(22(23)26)24(12-15)21(25)14-6-7-19-20(10-14)29-13-28-19/h2-7,10,15,17H,8-9,11-13H2,1H3. The second kappa shape index (κ2) is 7.53. The van der Waals surface area contributed by atoms with Crippen molar-refractivity contribution >= 4 is 17.5 Å². The minimum atomic E-state index is -0.599. The number of rotatable bonds is 4. The number of fused-ring (bicyclic) bond motifs is 4. The minimum absolute atomic E-state index is 0.126. The molecule has 2 amide bonds. The van der Waals surface area contributed by atoms with Gasteiger partial charge < -0.3 is 28.7 Å². The molecule has 0 aliphatic carbocycles. The fourth-order valence-corrected chi connectivity index (χ4v) is 4.21. The van der Waals surface area contributed by atoms with Crippen molar-refractivity contribution in [2.45, 2.75) is 18.6 Å². The van der Waals surface area contributed by atoms with E-state index in [2.05, 4.69) is 0 Å². The van der Waals surface area contributed by atoms with Gasteiger partial charge in [0.1, 0.15) is 17.9 Å². The van der Waals surface area contributed by atoms with Crippen LogP contribution < -0.4 is 19.1 Å². The lowest BCUT2D eigenvalue weighted by Crippen LogP contribution is -2.49. The van der Waals surface area contributed by atoms with E-state index in [0.717, 1.165) is 0 Å². The molecule has 8 heteroatoms. The molecule has 0 spiro atoms. The van der Waals surface area contributed by atoms with Crippen molar-refractivity contribution in [2.75, 3.05) is 38.5 Å². The Labute approximate surface area is 173 Å². The van der Waals surface area contributed by atoms with Crippen LogP contribution in [0.5, 0.6) is 17.2 Å². The largest absolute Gasteiger partial charge is 0.486 e. The molecule has 2 aromatic rings. The van der Waals surface area contributed by atoms with Crippen molar-refractivity contribution in [1.29, 1.82) is 0 Å². The molecule has 3 aliphatic heterocycles. The molecule has 156 valence electrons. The molecule has 30 heavy (non-hydrogen) atoms. The number of nitrogens with zero attached hydrogens (tertiary/aromatic N) is 2. The molecule has 0 saturated carbocycles. The third kappa shape index (κ3) is 3.13. The van der Waals surface area contributed by atoms with E-state index < -0.39 is 6.04 Å². The Balaban J connectivity index is 1.47. The fourth-order valence-electron chi connectivity index (χ4n) is 4.21. The third-order valence-electron chi connectivity index (χ3n) is 5.66. The Bertz CT molecular complexity index is 993. The topological polar surface area (TPSA) is 77.5 Å². The molecule has 0 aromatic heterocycles. The number of hydrogen-bond acceptors (Lipinski definition) is 6. The van der Waals surface area contributed by atoms with Crippen LogP contribution in [0.1, 0.15) is 16.8 Å². The SMILES string of the molecule is COCCN1C(=O)C2CC(CN2C(=O)c2ccc3c(c2)OCO3)Oc2ccccc21. The lowest BCUT2D eigenvalue weighted by molar-refractivity contribution is -0.122. The van der Waals surface area contributed by atoms with Gasteiger partial charge in [-0.05, 0) is 30.3 Å². The van der Waals surface area contributed by atoms with Crippen LogP contribution in [0, 0.1) is 0 Å². The van der Waals surface area contributed by atoms with Gasteiger partial charge >= 0.3 is 0 Å². The van der Waals surface area contributed by atoms with E-state index in [9.17, 15) is 9.59 Å². The second-order valence-electron chi connectivity index (χ2n) is 7.47. The van der Waals surface area contributed by atoms with Crippen molar-refractivity contribution < 1.29 is 28.5 Å². The number of amides is 2. The van der Waals surface area contributed by atoms with Gasteiger partial charge in [0.05, 0.1) is 18.8 Å². The normalized spacial score (nSPS) is 21.7. The van der Waals surface area contributed by atoms with Crippen LogP contribution in [0.2, 0.25) is 0 Å². The number of methoxy groups -OCH3 is 1. The Morgan fingerprint density at radius 1 is 1.13 bits per heavy atom. The van der Waals surface area contributed by atoms with Crippen LogP contribution in [0.15, 0.2) is 42.5 Å². The monoisotopic (exact) mass is 410 g/mol. The van der Waals surface area contributed by atoms with E-state index >= 15 is 0 Å². The molecule has 2 bridgehead atoms. The summed E-state index contributed by atoms with van der Waals surface area (Å²) in [6.45, 7) is 1.24. The number of anilines is 1. The first-order chi connectivity index (χ1) is 14.7. The van der Waals surface area contributed by atoms with Gasteiger partial charge in [0.25, 0.3) is 5.91 Å². The van der Waals surface area contributed by atoms with E-state index in [1.807, 2.05) is 24.3 Å². The van der Waals surface area contributed by atoms with Gasteiger partial charge in [0.15, 0.2) is 11.5 Å². The van der Waals surface area contributed by atoms with Crippen LogP contribution in [-0.2, 0) is 9.53 Å². The van der Waals surface area contributed by atoms with E-state index in [-0.39, 0.29) is 24.7 Å². The highest BCUT2D eigenvalue weighted by Crippen LogP contribution is 2.37. The van der Waals surface area contributed by atoms with Gasteiger partial charge in [-0.25, -0.2) is 0 Å². The lowest BCUT2D eigenvalue weighted by Gasteiger charge is -2.31. The zero-order valence-electron chi connectivity index (χ0n) is 16.6. The maximum atomic E-state index is 13.5. The predicted octanol–water partition coefficient (Wildman–Crippen LogP) is 2.07. The van der Waals surface area contributed by atoms with Gasteiger partial charge in [-0.2, -0.15) is 0 Å². The van der Waals surface area contributed by atoms with E-state index in [1.165, 1.54) is 0 Å². The second-order valence-corrected chi connectivity index (χ2v) is 7.47. The number of benzene rings is 2. The first-order valence-electron chi connectivity index (χ1n) is 9.92. The number of carbonyl (C=O) groups excluding carboxylic acids is 2. The van der Waals surface area contributed by atoms with Crippen molar-refractivity contribution in [1.82, 2.24) is 4.90 Å². The number of para-hydroxylation sites is 2. The van der Waals surface area contributed by atoms with Gasteiger partial charge in [0, 0.05) is 25.6 Å². The summed E-state index contributed by atoms with van der Waals surface area (Å²) in [7, 11) is 1.60. The van der Waals surface area contributed by atoms with Crippen LogP contribution in [0.4, 0.5) is 5.69 Å². The van der Waals surface area contributed by atoms with E-state index in [0.29, 0.717) is 54.6 Å². The highest BCUT2D eigenvalue weighted by Gasteiger charge is 2.45. The Hall–Kier alpha value is -3.26. The molecule has 2 unspecified atom stereocenters. The van der Waals surface area contributed by atoms with E-state index in [4.69, 9.17) is 18.9 Å². The first-order valence-corrected chi connectivity index (χ1v) is 9.92. The van der Waals surface area contributed by atoms with Gasteiger partial charge in [-0.3, -0.25) is 9.59 Å². The smallest absolute Gasteiger partial charge is 0.254 e. The molecule has 3 aliphatic rings. The summed E-state index contributed by atoms with van der Waals surface area (Å²) in [6.07, 6.45) is 0.204. The first kappa shape index (κ1) is 18.7. The van der Waals surface area contributed by atoms with Crippen LogP contribution in [0.25, 0.3) is 0 Å². The highest BCUT2D eigenvalue weighted by molar-refractivity contribution is 6.04. The molecule has 3 heterocycles. The molecule has 2 atom stereocenters. The number of ether oxygens (including phenoxy) is 4. The summed E-state index contributed by atoms with van der Waals surface area (Å²) >= 11 is 0. The molecule has 0 N–H and O–H groups in total. The number of likely N-dealkylation sites (tertiary alicyclic amines) is 1. The maximum Gasteiger partial charge on any atom is 0.254 e. The van der Waals surface area contributed by atoms with E-state index in [1.54, 1.807) is 35.1 Å². The molecule has 5 rings (SSSR count). The maximum absolute atomic E-state index is 13.5. The summed E-state index contributed by atoms with van der Waals surface area (Å²) in [4.78, 5) is 30.1. The van der Waals surface area contributed by atoms with Crippen molar-refractivity contribution in [3.8, 4) is 17.2 Å². The Morgan fingerprint density at radius 3 is 2.83 bits per heavy atom. The summed E-state index contributed by atoms with van der Waals surface area (Å²) in [6, 6.07) is 11.9. The number of hydrogen-bond donors (Lipinski definition) is 0. The van der Waals surface area contributed by atoms with Gasteiger partial charge in [-0.1, -0.05) is 12.1 Å². The quantitative estimate of drug-likeness (QED) is 0.768. The average molecular weight is 410 g/mol. The average Bonchev–Trinajstić information content (AvgIpc) is 3.40. The molecule has 1 saturated heterocycles. The van der Waals surface area contributed by atoms with Gasteiger partial charge in [-0.15, -0.1) is 0 Å². The zero-order valence-corrected chi connectivity index (χ0v) is 16.6. The fraction of sp³-hybridized carbons (Fsp3) is 0.364. The highest BCUT2D eigenvalue weighted by atomic mass is 16.7. The molecule has 2 aromatic carbocycles. The zero-order chi connectivity index (χ0) is 20.7. The molecular formula is C22H22N2O6. The predicted molar refractivity (Wildman–Crippen MR) is 107 cm³/mol. The van der Waals surface area contributed by atoms with Crippen LogP contribution in [0.3, 0.4) is 0 Å². The minimum Gasteiger partial charge on any atom is -0.486 e. The van der Waals surface area contributed by atoms with Crippen LogP contribution in [-0.4, -0.2) is 62.5 Å². The molecule has 8 nitrogen and oxygen atoms in total. The summed E-state index contributed by atoms with van der Waals surface area (Å²) < 4.78 is 22.1. The Morgan fingerprint density at radius 2 is 1.97 bits per heavy atom. The Kier molecular flexibility index (Phi) is 4.71.